The Labute approximate surface area is 96.5 Å². The van der Waals surface area contributed by atoms with Crippen molar-refractivity contribution in [1.82, 2.24) is 5.32 Å². The topological polar surface area (TPSA) is 12.0 Å². The van der Waals surface area contributed by atoms with Crippen molar-refractivity contribution < 1.29 is 0 Å². The Balaban J connectivity index is 2.09. The highest BCUT2D eigenvalue weighted by Gasteiger charge is 2.22. The second kappa shape index (κ2) is 3.91. The third-order valence-electron chi connectivity index (χ3n) is 3.57. The summed E-state index contributed by atoms with van der Waals surface area (Å²) < 4.78 is 0. The van der Waals surface area contributed by atoms with Crippen molar-refractivity contribution in [2.75, 3.05) is 0 Å². The fourth-order valence-electron chi connectivity index (χ4n) is 2.73. The monoisotopic (exact) mass is 211 g/mol. The zero-order valence-corrected chi connectivity index (χ0v) is 9.61. The average Bonchev–Trinajstić information content (AvgIpc) is 2.75. The van der Waals surface area contributed by atoms with Crippen molar-refractivity contribution in [3.63, 3.8) is 0 Å². The van der Waals surface area contributed by atoms with Gasteiger partial charge in [0.1, 0.15) is 0 Å². The fraction of sp³-hybridized carbons (Fsp3) is 0.333. The second-order valence-corrected chi connectivity index (χ2v) is 4.77. The van der Waals surface area contributed by atoms with Crippen LogP contribution in [0.4, 0.5) is 0 Å². The van der Waals surface area contributed by atoms with Crippen LogP contribution in [0.2, 0.25) is 0 Å². The molecule has 1 nitrogen and oxygen atoms in total. The maximum Gasteiger partial charge on any atom is 0.0329 e. The summed E-state index contributed by atoms with van der Waals surface area (Å²) in [5.74, 6) is 0. The van der Waals surface area contributed by atoms with Gasteiger partial charge >= 0.3 is 0 Å². The second-order valence-electron chi connectivity index (χ2n) is 4.77. The molecule has 2 aromatic carbocycles. The van der Waals surface area contributed by atoms with Gasteiger partial charge in [-0.2, -0.15) is 0 Å². The van der Waals surface area contributed by atoms with E-state index in [4.69, 9.17) is 0 Å². The normalized spacial score (nSPS) is 25.1. The Morgan fingerprint density at radius 1 is 1.00 bits per heavy atom. The van der Waals surface area contributed by atoms with Crippen LogP contribution in [-0.2, 0) is 0 Å². The van der Waals surface area contributed by atoms with Crippen molar-refractivity contribution >= 4 is 10.8 Å². The van der Waals surface area contributed by atoms with E-state index < -0.39 is 0 Å². The van der Waals surface area contributed by atoms with E-state index in [0.29, 0.717) is 12.1 Å². The molecule has 2 unspecified atom stereocenters. The molecule has 0 radical (unpaired) electrons. The molecule has 1 heterocycles. The summed E-state index contributed by atoms with van der Waals surface area (Å²) in [5, 5.41) is 6.41. The predicted octanol–water partition coefficient (Wildman–Crippen LogP) is 3.65. The summed E-state index contributed by atoms with van der Waals surface area (Å²) in [4.78, 5) is 0. The molecule has 1 fully saturated rings. The van der Waals surface area contributed by atoms with Crippen molar-refractivity contribution in [2.45, 2.75) is 31.8 Å². The fourth-order valence-corrected chi connectivity index (χ4v) is 2.73. The van der Waals surface area contributed by atoms with E-state index in [1.165, 1.54) is 29.2 Å². The Kier molecular flexibility index (Phi) is 2.41. The average molecular weight is 211 g/mol. The van der Waals surface area contributed by atoms with Gasteiger partial charge in [-0.05, 0) is 36.1 Å². The minimum atomic E-state index is 0.543. The first-order valence-electron chi connectivity index (χ1n) is 6.08. The van der Waals surface area contributed by atoms with E-state index in [2.05, 4.69) is 54.7 Å². The van der Waals surface area contributed by atoms with Crippen LogP contribution in [0, 0.1) is 0 Å². The minimum Gasteiger partial charge on any atom is -0.307 e. The molecule has 3 rings (SSSR count). The van der Waals surface area contributed by atoms with Crippen LogP contribution in [-0.4, -0.2) is 6.04 Å². The third kappa shape index (κ3) is 1.61. The maximum absolute atomic E-state index is 3.66. The molecule has 0 aliphatic carbocycles. The first kappa shape index (κ1) is 9.86. The van der Waals surface area contributed by atoms with Crippen LogP contribution in [0.1, 0.15) is 31.4 Å². The zero-order valence-electron chi connectivity index (χ0n) is 9.61. The van der Waals surface area contributed by atoms with E-state index in [0.717, 1.165) is 0 Å². The highest BCUT2D eigenvalue weighted by molar-refractivity contribution is 5.86. The first-order chi connectivity index (χ1) is 7.84. The maximum atomic E-state index is 3.66. The lowest BCUT2D eigenvalue weighted by atomic mass is 9.98. The molecular weight excluding hydrogens is 194 g/mol. The molecule has 0 bridgehead atoms. The Hall–Kier alpha value is -1.34. The molecule has 1 aliphatic rings. The van der Waals surface area contributed by atoms with Gasteiger partial charge in [-0.3, -0.25) is 0 Å². The number of hydrogen-bond donors (Lipinski definition) is 1. The summed E-state index contributed by atoms with van der Waals surface area (Å²) in [6.45, 7) is 2.27. The lowest BCUT2D eigenvalue weighted by molar-refractivity contribution is 0.588. The molecule has 16 heavy (non-hydrogen) atoms. The van der Waals surface area contributed by atoms with Gasteiger partial charge in [0.05, 0.1) is 0 Å². The van der Waals surface area contributed by atoms with Gasteiger partial charge in [0, 0.05) is 12.1 Å². The van der Waals surface area contributed by atoms with Crippen molar-refractivity contribution in [3.05, 3.63) is 48.0 Å². The van der Waals surface area contributed by atoms with Gasteiger partial charge in [-0.15, -0.1) is 0 Å². The Bertz CT molecular complexity index is 498. The molecule has 0 amide bonds. The molecule has 0 saturated carbocycles. The number of benzene rings is 2. The van der Waals surface area contributed by atoms with Gasteiger partial charge in [-0.25, -0.2) is 0 Å². The van der Waals surface area contributed by atoms with E-state index >= 15 is 0 Å². The summed E-state index contributed by atoms with van der Waals surface area (Å²) in [6, 6.07) is 16.5. The number of nitrogens with one attached hydrogen (secondary N) is 1. The summed E-state index contributed by atoms with van der Waals surface area (Å²) >= 11 is 0. The first-order valence-corrected chi connectivity index (χ1v) is 6.08. The van der Waals surface area contributed by atoms with Crippen LogP contribution in [0.25, 0.3) is 10.8 Å². The smallest absolute Gasteiger partial charge is 0.0329 e. The molecule has 1 heteroatoms. The van der Waals surface area contributed by atoms with Crippen molar-refractivity contribution in [2.24, 2.45) is 0 Å². The molecular formula is C15H17N. The van der Waals surface area contributed by atoms with Crippen LogP contribution in [0.5, 0.6) is 0 Å². The van der Waals surface area contributed by atoms with Crippen molar-refractivity contribution in [1.29, 1.82) is 0 Å². The van der Waals surface area contributed by atoms with E-state index in [1.54, 1.807) is 0 Å². The van der Waals surface area contributed by atoms with E-state index in [9.17, 15) is 0 Å². The van der Waals surface area contributed by atoms with Gasteiger partial charge in [0.15, 0.2) is 0 Å². The minimum absolute atomic E-state index is 0.543. The molecule has 1 N–H and O–H groups in total. The van der Waals surface area contributed by atoms with E-state index in [-0.39, 0.29) is 0 Å². The number of rotatable bonds is 1. The number of hydrogen-bond acceptors (Lipinski definition) is 1. The Morgan fingerprint density at radius 3 is 2.62 bits per heavy atom. The number of fused-ring (bicyclic) bond motifs is 1. The summed E-state index contributed by atoms with van der Waals surface area (Å²) in [7, 11) is 0. The summed E-state index contributed by atoms with van der Waals surface area (Å²) in [6.07, 6.45) is 2.54. The molecule has 1 aliphatic heterocycles. The summed E-state index contributed by atoms with van der Waals surface area (Å²) in [5.41, 5.74) is 1.46. The van der Waals surface area contributed by atoms with Gasteiger partial charge in [0.2, 0.25) is 0 Å². The SMILES string of the molecule is CC1CCC(c2cccc3ccccc23)N1. The standard InChI is InChI=1S/C15H17N/c1-11-9-10-15(16-11)14-8-4-6-12-5-2-3-7-13(12)14/h2-8,11,15-16H,9-10H2,1H3. The quantitative estimate of drug-likeness (QED) is 0.759. The molecule has 0 aromatic heterocycles. The molecule has 1 saturated heterocycles. The van der Waals surface area contributed by atoms with Crippen LogP contribution in [0.3, 0.4) is 0 Å². The van der Waals surface area contributed by atoms with Crippen LogP contribution in [0.15, 0.2) is 42.5 Å². The molecule has 0 spiro atoms. The lowest BCUT2D eigenvalue weighted by Crippen LogP contribution is -2.20. The highest BCUT2D eigenvalue weighted by atomic mass is 15.0. The van der Waals surface area contributed by atoms with Gasteiger partial charge < -0.3 is 5.32 Å². The van der Waals surface area contributed by atoms with Crippen LogP contribution >= 0.6 is 0 Å². The molecule has 82 valence electrons. The van der Waals surface area contributed by atoms with Crippen molar-refractivity contribution in [3.8, 4) is 0 Å². The molecule has 2 atom stereocenters. The highest BCUT2D eigenvalue weighted by Crippen LogP contribution is 2.31. The third-order valence-corrected chi connectivity index (χ3v) is 3.57. The van der Waals surface area contributed by atoms with Crippen LogP contribution < -0.4 is 5.32 Å². The van der Waals surface area contributed by atoms with Gasteiger partial charge in [0.25, 0.3) is 0 Å². The Morgan fingerprint density at radius 2 is 1.81 bits per heavy atom. The largest absolute Gasteiger partial charge is 0.307 e. The predicted molar refractivity (Wildman–Crippen MR) is 68.5 cm³/mol. The molecule has 2 aromatic rings. The lowest BCUT2D eigenvalue weighted by Gasteiger charge is -2.14. The van der Waals surface area contributed by atoms with E-state index in [1.807, 2.05) is 0 Å². The zero-order chi connectivity index (χ0) is 11.0. The van der Waals surface area contributed by atoms with Gasteiger partial charge in [-0.1, -0.05) is 42.5 Å².